The lowest BCUT2D eigenvalue weighted by Gasteiger charge is -2.38. The Balaban J connectivity index is 1.09. The topological polar surface area (TPSA) is 91.3 Å². The average molecular weight is 778 g/mol. The summed E-state index contributed by atoms with van der Waals surface area (Å²) in [6.45, 7) is 2.08. The Morgan fingerprint density at radius 2 is 1.37 bits per heavy atom. The molecular weight excluding hydrogens is 732 g/mol. The molecule has 57 heavy (non-hydrogen) atoms. The van der Waals surface area contributed by atoms with E-state index in [1.165, 1.54) is 11.1 Å². The van der Waals surface area contributed by atoms with Crippen LogP contribution in [0.5, 0.6) is 0 Å². The number of nitrogens with one attached hydrogen (secondary N) is 1. The second kappa shape index (κ2) is 18.3. The van der Waals surface area contributed by atoms with Crippen LogP contribution in [0.2, 0.25) is 0 Å². The number of nitrogens with zero attached hydrogens (tertiary/aromatic N) is 2. The van der Waals surface area contributed by atoms with Crippen LogP contribution in [-0.2, 0) is 45.3 Å². The number of hydrogen-bond acceptors (Lipinski definition) is 6. The lowest BCUT2D eigenvalue weighted by Crippen LogP contribution is -2.50. The van der Waals surface area contributed by atoms with E-state index in [4.69, 9.17) is 9.47 Å². The number of carbonyl (C=O) groups excluding carboxylic acids is 2. The fourth-order valence-electron chi connectivity index (χ4n) is 7.71. The summed E-state index contributed by atoms with van der Waals surface area (Å²) in [6, 6.07) is 42.8. The summed E-state index contributed by atoms with van der Waals surface area (Å²) >= 11 is 0. The maximum absolute atomic E-state index is 13.2. The maximum atomic E-state index is 13.2. The summed E-state index contributed by atoms with van der Waals surface area (Å²) in [7, 11) is 0. The van der Waals surface area contributed by atoms with Crippen molar-refractivity contribution >= 4 is 11.8 Å². The zero-order valence-electron chi connectivity index (χ0n) is 31.5. The fourth-order valence-corrected chi connectivity index (χ4v) is 7.71. The Bertz CT molecular complexity index is 2040. The quantitative estimate of drug-likeness (QED) is 0.125. The molecule has 2 saturated heterocycles. The molecule has 0 radical (unpaired) electrons. The SMILES string of the molecule is O=C(NCc1ccccc1-c1ccc([C@H]2O[C@@H](CN(Cc3ccccc3)Cc3ccccc3)C[C@@H](c3ccc(CO)cc3)O2)cc1)[C@@H]1CCCN1C(=O)C(F)(F)F. The van der Waals surface area contributed by atoms with Crippen LogP contribution in [-0.4, -0.2) is 58.1 Å². The first-order valence-corrected chi connectivity index (χ1v) is 19.3. The monoisotopic (exact) mass is 777 g/mol. The normalized spacial score (nSPS) is 19.8. The van der Waals surface area contributed by atoms with Crippen LogP contribution in [0.1, 0.15) is 65.0 Å². The molecule has 2 heterocycles. The smallest absolute Gasteiger partial charge is 0.392 e. The van der Waals surface area contributed by atoms with Crippen LogP contribution in [0.25, 0.3) is 11.1 Å². The van der Waals surface area contributed by atoms with E-state index < -0.39 is 30.3 Å². The van der Waals surface area contributed by atoms with Gasteiger partial charge in [0.15, 0.2) is 6.29 Å². The summed E-state index contributed by atoms with van der Waals surface area (Å²) < 4.78 is 52.9. The Kier molecular flexibility index (Phi) is 12.8. The van der Waals surface area contributed by atoms with E-state index in [0.717, 1.165) is 46.5 Å². The lowest BCUT2D eigenvalue weighted by atomic mass is 9.97. The van der Waals surface area contributed by atoms with E-state index in [1.54, 1.807) is 0 Å². The Morgan fingerprint density at radius 1 is 0.754 bits per heavy atom. The van der Waals surface area contributed by atoms with E-state index in [0.29, 0.717) is 24.3 Å². The average Bonchev–Trinajstić information content (AvgIpc) is 3.73. The molecule has 0 bridgehead atoms. The maximum Gasteiger partial charge on any atom is 0.471 e. The molecule has 0 aliphatic carbocycles. The van der Waals surface area contributed by atoms with Crippen LogP contribution in [0.4, 0.5) is 13.2 Å². The minimum absolute atomic E-state index is 0.0436. The largest absolute Gasteiger partial charge is 0.471 e. The molecule has 2 N–H and O–H groups in total. The Morgan fingerprint density at radius 3 is 2.00 bits per heavy atom. The third kappa shape index (κ3) is 10.2. The van der Waals surface area contributed by atoms with Gasteiger partial charge in [0.25, 0.3) is 0 Å². The minimum Gasteiger partial charge on any atom is -0.392 e. The van der Waals surface area contributed by atoms with Crippen molar-refractivity contribution in [1.29, 1.82) is 0 Å². The predicted octanol–water partition coefficient (Wildman–Crippen LogP) is 8.26. The van der Waals surface area contributed by atoms with Crippen molar-refractivity contribution in [1.82, 2.24) is 15.1 Å². The second-order valence-corrected chi connectivity index (χ2v) is 14.6. The molecule has 2 aliphatic rings. The number of alkyl halides is 3. The molecule has 5 aromatic rings. The number of likely N-dealkylation sites (tertiary alicyclic amines) is 1. The van der Waals surface area contributed by atoms with Gasteiger partial charge >= 0.3 is 12.1 Å². The van der Waals surface area contributed by atoms with Crippen molar-refractivity contribution in [3.63, 3.8) is 0 Å². The summed E-state index contributed by atoms with van der Waals surface area (Å²) in [5, 5.41) is 12.4. The van der Waals surface area contributed by atoms with Crippen LogP contribution in [0.3, 0.4) is 0 Å². The third-order valence-corrected chi connectivity index (χ3v) is 10.6. The molecule has 0 saturated carbocycles. The highest BCUT2D eigenvalue weighted by Crippen LogP contribution is 2.39. The highest BCUT2D eigenvalue weighted by molar-refractivity contribution is 5.90. The molecule has 11 heteroatoms. The first-order valence-electron chi connectivity index (χ1n) is 19.3. The standard InChI is InChI=1S/C46H46F3N3O5/c47-46(48,49)45(55)52-25-9-16-41(52)43(54)50-27-38-14-7-8-15-40(38)35-21-23-37(24-22-35)44-56-39(26-42(57-44)36-19-17-34(31-53)18-20-36)30-51(28-32-10-3-1-4-11-32)29-33-12-5-2-6-13-33/h1-8,10-15,17-24,39,41-42,44,53H,9,16,25-31H2,(H,50,54)/t39-,41+,42+,44+/m1/s1. The minimum atomic E-state index is -5.03. The summed E-state index contributed by atoms with van der Waals surface area (Å²) in [5.41, 5.74) is 7.57. The first kappa shape index (κ1) is 39.9. The molecule has 0 unspecified atom stereocenters. The van der Waals surface area contributed by atoms with Gasteiger partial charge in [-0.2, -0.15) is 13.2 Å². The van der Waals surface area contributed by atoms with E-state index in [1.807, 2.05) is 84.9 Å². The van der Waals surface area contributed by atoms with Gasteiger partial charge in [-0.1, -0.05) is 133 Å². The van der Waals surface area contributed by atoms with Crippen molar-refractivity contribution in [2.75, 3.05) is 13.1 Å². The molecular formula is C46H46F3N3O5. The number of ether oxygens (including phenoxy) is 2. The molecule has 296 valence electrons. The van der Waals surface area contributed by atoms with Crippen LogP contribution in [0, 0.1) is 0 Å². The number of aliphatic hydroxyl groups is 1. The lowest BCUT2D eigenvalue weighted by molar-refractivity contribution is -0.253. The first-order chi connectivity index (χ1) is 27.6. The van der Waals surface area contributed by atoms with E-state index in [-0.39, 0.29) is 38.3 Å². The Hall–Kier alpha value is -5.33. The number of carbonyl (C=O) groups is 2. The van der Waals surface area contributed by atoms with E-state index in [9.17, 15) is 27.9 Å². The van der Waals surface area contributed by atoms with Crippen molar-refractivity contribution in [2.45, 2.75) is 76.2 Å². The van der Waals surface area contributed by atoms with Gasteiger partial charge in [0.05, 0.1) is 18.8 Å². The number of rotatable bonds is 13. The molecule has 8 nitrogen and oxygen atoms in total. The van der Waals surface area contributed by atoms with Gasteiger partial charge < -0.3 is 24.8 Å². The van der Waals surface area contributed by atoms with Crippen molar-refractivity contribution in [3.05, 3.63) is 167 Å². The van der Waals surface area contributed by atoms with E-state index >= 15 is 0 Å². The Labute approximate surface area is 330 Å². The van der Waals surface area contributed by atoms with Crippen molar-refractivity contribution in [3.8, 4) is 11.1 Å². The third-order valence-electron chi connectivity index (χ3n) is 10.6. The van der Waals surface area contributed by atoms with Crippen LogP contribution in [0.15, 0.2) is 133 Å². The highest BCUT2D eigenvalue weighted by Gasteiger charge is 2.47. The van der Waals surface area contributed by atoms with Crippen molar-refractivity contribution < 1.29 is 37.3 Å². The summed E-state index contributed by atoms with van der Waals surface area (Å²) in [5.74, 6) is -2.59. The van der Waals surface area contributed by atoms with Crippen LogP contribution < -0.4 is 5.32 Å². The van der Waals surface area contributed by atoms with Gasteiger partial charge in [-0.25, -0.2) is 0 Å². The zero-order valence-corrected chi connectivity index (χ0v) is 31.5. The van der Waals surface area contributed by atoms with Gasteiger partial charge in [-0.05, 0) is 51.8 Å². The predicted molar refractivity (Wildman–Crippen MR) is 210 cm³/mol. The molecule has 2 amide bonds. The number of amides is 2. The van der Waals surface area contributed by atoms with Gasteiger partial charge in [-0.15, -0.1) is 0 Å². The van der Waals surface area contributed by atoms with Crippen molar-refractivity contribution in [2.24, 2.45) is 0 Å². The molecule has 5 aromatic carbocycles. The number of benzene rings is 5. The molecule has 2 fully saturated rings. The molecule has 0 spiro atoms. The van der Waals surface area contributed by atoms with Gasteiger partial charge in [0.1, 0.15) is 6.04 Å². The number of hydrogen-bond donors (Lipinski definition) is 2. The molecule has 2 aliphatic heterocycles. The van der Waals surface area contributed by atoms with E-state index in [2.05, 4.69) is 58.7 Å². The zero-order chi connectivity index (χ0) is 39.8. The fraction of sp³-hybridized carbons (Fsp3) is 0.304. The van der Waals surface area contributed by atoms with Gasteiger partial charge in [0.2, 0.25) is 5.91 Å². The summed E-state index contributed by atoms with van der Waals surface area (Å²) in [4.78, 5) is 28.0. The molecule has 0 aromatic heterocycles. The van der Waals surface area contributed by atoms with Gasteiger partial charge in [0, 0.05) is 44.7 Å². The second-order valence-electron chi connectivity index (χ2n) is 14.6. The molecule has 7 rings (SSSR count). The highest BCUT2D eigenvalue weighted by atomic mass is 19.4. The number of aliphatic hydroxyl groups excluding tert-OH is 1. The summed E-state index contributed by atoms with van der Waals surface area (Å²) in [6.07, 6.45) is -5.00. The van der Waals surface area contributed by atoms with Gasteiger partial charge in [-0.3, -0.25) is 14.5 Å². The van der Waals surface area contributed by atoms with Crippen LogP contribution >= 0.6 is 0 Å². The number of halogens is 3. The molecule has 4 atom stereocenters.